The van der Waals surface area contributed by atoms with E-state index in [1.807, 2.05) is 17.0 Å². The van der Waals surface area contributed by atoms with Gasteiger partial charge in [0.25, 0.3) is 5.91 Å². The zero-order valence-electron chi connectivity index (χ0n) is 17.0. The van der Waals surface area contributed by atoms with Crippen molar-refractivity contribution in [1.82, 2.24) is 15.2 Å². The molecule has 2 N–H and O–H groups in total. The minimum atomic E-state index is -0.0738. The second-order valence-corrected chi connectivity index (χ2v) is 8.09. The predicted molar refractivity (Wildman–Crippen MR) is 114 cm³/mol. The van der Waals surface area contributed by atoms with Gasteiger partial charge in [-0.2, -0.15) is 0 Å². The van der Waals surface area contributed by atoms with Gasteiger partial charge in [-0.15, -0.1) is 0 Å². The number of carbonyl (C=O) groups is 2. The van der Waals surface area contributed by atoms with Crippen molar-refractivity contribution in [3.63, 3.8) is 0 Å². The summed E-state index contributed by atoms with van der Waals surface area (Å²) in [7, 11) is 0. The Morgan fingerprint density at radius 1 is 0.967 bits per heavy atom. The van der Waals surface area contributed by atoms with Gasteiger partial charge in [0.05, 0.1) is 0 Å². The van der Waals surface area contributed by atoms with E-state index < -0.39 is 0 Å². The van der Waals surface area contributed by atoms with Crippen LogP contribution >= 0.6 is 0 Å². The van der Waals surface area contributed by atoms with Crippen LogP contribution in [0, 0.1) is 5.92 Å². The van der Waals surface area contributed by atoms with Crippen molar-refractivity contribution in [2.45, 2.75) is 31.7 Å². The summed E-state index contributed by atoms with van der Waals surface area (Å²) in [6, 6.07) is 10.8. The smallest absolute Gasteiger partial charge is 0.251 e. The lowest BCUT2D eigenvalue weighted by molar-refractivity contribution is -0.137. The molecule has 1 aliphatic carbocycles. The molecule has 2 fully saturated rings. The van der Waals surface area contributed by atoms with Crippen LogP contribution in [0.3, 0.4) is 0 Å². The number of aromatic hydroxyl groups is 1. The Morgan fingerprint density at radius 2 is 1.67 bits per heavy atom. The van der Waals surface area contributed by atoms with Crippen LogP contribution in [0.1, 0.15) is 36.0 Å². The van der Waals surface area contributed by atoms with Crippen LogP contribution in [0.5, 0.6) is 5.75 Å². The summed E-state index contributed by atoms with van der Waals surface area (Å²) >= 11 is 0. The van der Waals surface area contributed by atoms with Crippen molar-refractivity contribution in [3.8, 4) is 5.75 Å². The number of phenolic OH excluding ortho intramolecular Hbond substituents is 1. The predicted octanol–water partition coefficient (Wildman–Crippen LogP) is 2.42. The molecule has 1 saturated heterocycles. The number of nitrogens with one attached hydrogen (secondary N) is 1. The zero-order chi connectivity index (χ0) is 20.9. The molecular weight excluding hydrogens is 380 g/mol. The maximum atomic E-state index is 13.0. The maximum absolute atomic E-state index is 13.0. The highest BCUT2D eigenvalue weighted by atomic mass is 16.3. The third kappa shape index (κ3) is 4.72. The van der Waals surface area contributed by atoms with Crippen molar-refractivity contribution in [1.29, 1.82) is 0 Å². The molecule has 0 bridgehead atoms. The molecule has 30 heavy (non-hydrogen) atoms. The normalized spacial score (nSPS) is 21.9. The molecule has 4 rings (SSSR count). The number of benzene rings is 1. The third-order valence-electron chi connectivity index (χ3n) is 6.14. The lowest BCUT2D eigenvalue weighted by Gasteiger charge is -2.39. The first-order chi connectivity index (χ1) is 14.6. The number of carbonyl (C=O) groups excluding carboxylic acids is 2. The van der Waals surface area contributed by atoms with Gasteiger partial charge in [0.15, 0.2) is 0 Å². The Balaban J connectivity index is 1.23. The SMILES string of the molecule is O=C(NC1CCC(C(=O)N2CCN(c3cccc(O)c3)CC2)CC1)c1ccncc1. The summed E-state index contributed by atoms with van der Waals surface area (Å²) < 4.78 is 0. The van der Waals surface area contributed by atoms with E-state index in [1.54, 1.807) is 36.7 Å². The Hall–Kier alpha value is -3.09. The molecular formula is C23H28N4O3. The highest BCUT2D eigenvalue weighted by molar-refractivity contribution is 5.94. The largest absolute Gasteiger partial charge is 0.508 e. The van der Waals surface area contributed by atoms with E-state index in [-0.39, 0.29) is 29.5 Å². The van der Waals surface area contributed by atoms with Gasteiger partial charge in [-0.05, 0) is 49.9 Å². The molecule has 1 aromatic heterocycles. The summed E-state index contributed by atoms with van der Waals surface area (Å²) in [4.78, 5) is 33.4. The molecule has 0 radical (unpaired) electrons. The van der Waals surface area contributed by atoms with E-state index in [0.717, 1.165) is 44.5 Å². The van der Waals surface area contributed by atoms with Gasteiger partial charge in [-0.1, -0.05) is 6.07 Å². The highest BCUT2D eigenvalue weighted by Gasteiger charge is 2.31. The fourth-order valence-electron chi connectivity index (χ4n) is 4.39. The number of rotatable bonds is 4. The van der Waals surface area contributed by atoms with Crippen LogP contribution < -0.4 is 10.2 Å². The van der Waals surface area contributed by atoms with Crippen LogP contribution in [0.25, 0.3) is 0 Å². The fourth-order valence-corrected chi connectivity index (χ4v) is 4.39. The number of aromatic nitrogens is 1. The Labute approximate surface area is 176 Å². The minimum absolute atomic E-state index is 0.0476. The van der Waals surface area contributed by atoms with Gasteiger partial charge >= 0.3 is 0 Å². The second kappa shape index (κ2) is 9.15. The molecule has 2 heterocycles. The highest BCUT2D eigenvalue weighted by Crippen LogP contribution is 2.27. The van der Waals surface area contributed by atoms with E-state index in [2.05, 4.69) is 15.2 Å². The molecule has 158 valence electrons. The average Bonchev–Trinajstić information content (AvgIpc) is 2.80. The molecule has 0 atom stereocenters. The van der Waals surface area contributed by atoms with E-state index in [1.165, 1.54) is 0 Å². The van der Waals surface area contributed by atoms with Crippen molar-refractivity contribution >= 4 is 17.5 Å². The monoisotopic (exact) mass is 408 g/mol. The van der Waals surface area contributed by atoms with Crippen LogP contribution in [-0.2, 0) is 4.79 Å². The van der Waals surface area contributed by atoms with Gasteiger partial charge in [0.2, 0.25) is 5.91 Å². The van der Waals surface area contributed by atoms with Crippen molar-refractivity contribution in [3.05, 3.63) is 54.4 Å². The summed E-state index contributed by atoms with van der Waals surface area (Å²) in [6.45, 7) is 2.94. The summed E-state index contributed by atoms with van der Waals surface area (Å²) in [5.74, 6) is 0.477. The van der Waals surface area contributed by atoms with Gasteiger partial charge in [0.1, 0.15) is 5.75 Å². The lowest BCUT2D eigenvalue weighted by Crippen LogP contribution is -2.51. The summed E-state index contributed by atoms with van der Waals surface area (Å²) in [6.07, 6.45) is 6.52. The first-order valence-corrected chi connectivity index (χ1v) is 10.6. The summed E-state index contributed by atoms with van der Waals surface area (Å²) in [5.41, 5.74) is 1.61. The number of hydrogen-bond donors (Lipinski definition) is 2. The molecule has 2 amide bonds. The molecule has 2 aromatic rings. The van der Waals surface area contributed by atoms with Gasteiger partial charge in [0, 0.05) is 67.8 Å². The molecule has 7 heteroatoms. The van der Waals surface area contributed by atoms with Crippen LogP contribution in [0.15, 0.2) is 48.8 Å². The Kier molecular flexibility index (Phi) is 6.16. The van der Waals surface area contributed by atoms with Crippen molar-refractivity contribution in [2.24, 2.45) is 5.92 Å². The number of phenols is 1. The fraction of sp³-hybridized carbons (Fsp3) is 0.435. The molecule has 0 spiro atoms. The van der Waals surface area contributed by atoms with E-state index in [4.69, 9.17) is 0 Å². The van der Waals surface area contributed by atoms with E-state index >= 15 is 0 Å². The number of amides is 2. The molecule has 0 unspecified atom stereocenters. The number of piperazine rings is 1. The standard InChI is InChI=1S/C23H28N4O3/c28-21-3-1-2-20(16-21)26-12-14-27(15-13-26)23(30)18-4-6-19(7-5-18)25-22(29)17-8-10-24-11-9-17/h1-3,8-11,16,18-19,28H,4-7,12-15H2,(H,25,29). The van der Waals surface area contributed by atoms with Crippen LogP contribution in [0.4, 0.5) is 5.69 Å². The molecule has 2 aliphatic rings. The summed E-state index contributed by atoms with van der Waals surface area (Å²) in [5, 5.41) is 12.8. The third-order valence-corrected chi connectivity index (χ3v) is 6.14. The molecule has 1 aromatic carbocycles. The second-order valence-electron chi connectivity index (χ2n) is 8.09. The first-order valence-electron chi connectivity index (χ1n) is 10.6. The van der Waals surface area contributed by atoms with E-state index in [0.29, 0.717) is 18.7 Å². The zero-order valence-corrected chi connectivity index (χ0v) is 17.0. The van der Waals surface area contributed by atoms with Crippen molar-refractivity contribution in [2.75, 3.05) is 31.1 Å². The molecule has 7 nitrogen and oxygen atoms in total. The molecule has 1 saturated carbocycles. The van der Waals surface area contributed by atoms with E-state index in [9.17, 15) is 14.7 Å². The topological polar surface area (TPSA) is 85.8 Å². The van der Waals surface area contributed by atoms with Gasteiger partial charge in [-0.3, -0.25) is 14.6 Å². The minimum Gasteiger partial charge on any atom is -0.508 e. The Bertz CT molecular complexity index is 873. The first kappa shape index (κ1) is 20.2. The number of hydrogen-bond acceptors (Lipinski definition) is 5. The average molecular weight is 409 g/mol. The van der Waals surface area contributed by atoms with Gasteiger partial charge in [-0.25, -0.2) is 0 Å². The number of pyridine rings is 1. The van der Waals surface area contributed by atoms with Crippen LogP contribution in [-0.4, -0.2) is 59.0 Å². The lowest BCUT2D eigenvalue weighted by atomic mass is 9.85. The number of anilines is 1. The van der Waals surface area contributed by atoms with Crippen LogP contribution in [0.2, 0.25) is 0 Å². The Morgan fingerprint density at radius 3 is 2.33 bits per heavy atom. The number of nitrogens with zero attached hydrogens (tertiary/aromatic N) is 3. The quantitative estimate of drug-likeness (QED) is 0.812. The molecule has 1 aliphatic heterocycles. The van der Waals surface area contributed by atoms with Gasteiger partial charge < -0.3 is 20.2 Å². The van der Waals surface area contributed by atoms with Crippen molar-refractivity contribution < 1.29 is 14.7 Å². The maximum Gasteiger partial charge on any atom is 0.251 e.